The third-order valence-electron chi connectivity index (χ3n) is 10.8. The molecule has 5 aliphatic heterocycles. The fraction of sp³-hybridized carbons (Fsp3) is 0.733. The van der Waals surface area contributed by atoms with Crippen LogP contribution in [-0.4, -0.2) is 81.7 Å². The number of cyclic esters (lactones) is 1. The molecule has 0 unspecified atom stereocenters. The van der Waals surface area contributed by atoms with Crippen molar-refractivity contribution in [2.24, 2.45) is 17.3 Å². The Balaban J connectivity index is 1.39. The van der Waals surface area contributed by atoms with Gasteiger partial charge >= 0.3 is 11.9 Å². The number of carbonyl (C=O) groups excluding carboxylic acids is 4. The smallest absolute Gasteiger partial charge is 0.339 e. The highest BCUT2D eigenvalue weighted by atomic mass is 16.7. The molecule has 2 N–H and O–H groups in total. The number of methoxy groups -OCH3 is 1. The van der Waals surface area contributed by atoms with Crippen molar-refractivity contribution in [3.05, 3.63) is 23.5 Å². The van der Waals surface area contributed by atoms with E-state index in [1.807, 2.05) is 0 Å². The Labute approximate surface area is 238 Å². The van der Waals surface area contributed by atoms with Crippen LogP contribution in [0.5, 0.6) is 0 Å². The van der Waals surface area contributed by atoms with E-state index in [2.05, 4.69) is 0 Å². The number of hydrogen-bond donors (Lipinski definition) is 2. The minimum absolute atomic E-state index is 0.00318. The molecule has 0 amide bonds. The largest absolute Gasteiger partial charge is 0.456 e. The van der Waals surface area contributed by atoms with Crippen molar-refractivity contribution >= 4 is 23.5 Å². The number of aliphatic hydroxyl groups excluding tert-OH is 1. The summed E-state index contributed by atoms with van der Waals surface area (Å²) in [6.07, 6.45) is 2.95. The van der Waals surface area contributed by atoms with Crippen LogP contribution in [-0.2, 0) is 42.9 Å². The Bertz CT molecular complexity index is 1300. The van der Waals surface area contributed by atoms with Crippen LogP contribution in [0.2, 0.25) is 0 Å². The summed E-state index contributed by atoms with van der Waals surface area (Å²) >= 11 is 0. The van der Waals surface area contributed by atoms with Crippen LogP contribution in [0.1, 0.15) is 72.6 Å². The second kappa shape index (κ2) is 8.79. The first kappa shape index (κ1) is 28.7. The molecule has 0 aromatic rings. The summed E-state index contributed by atoms with van der Waals surface area (Å²) in [5.41, 5.74) is -6.40. The van der Waals surface area contributed by atoms with E-state index in [-0.39, 0.29) is 57.3 Å². The SMILES string of the molecule is CO[C@@]12C[C@@](C)(C(=O)[C@@H](C)/C=C3/C=C(C)C(=O)O3)CC[C@@]3(C[C@]45OC(=O)C[C@H]4O[C@@](C)(CO)[C@@H]5CC[C@@]3(O)C1=O)O2. The predicted octanol–water partition coefficient (Wildman–Crippen LogP) is 1.82. The second-order valence-electron chi connectivity index (χ2n) is 13.4. The summed E-state index contributed by atoms with van der Waals surface area (Å²) in [7, 11) is 1.33. The van der Waals surface area contributed by atoms with Gasteiger partial charge in [0.1, 0.15) is 28.8 Å². The molecule has 41 heavy (non-hydrogen) atoms. The van der Waals surface area contributed by atoms with Crippen LogP contribution in [0.15, 0.2) is 23.5 Å². The lowest BCUT2D eigenvalue weighted by Crippen LogP contribution is -2.59. The zero-order chi connectivity index (χ0) is 29.8. The van der Waals surface area contributed by atoms with Crippen molar-refractivity contribution in [3.8, 4) is 0 Å². The van der Waals surface area contributed by atoms with E-state index in [1.54, 1.807) is 39.8 Å². The number of fused-ring (bicyclic) bond motifs is 1. The van der Waals surface area contributed by atoms with Gasteiger partial charge < -0.3 is 33.9 Å². The van der Waals surface area contributed by atoms with Gasteiger partial charge in [-0.05, 0) is 51.7 Å². The maximum Gasteiger partial charge on any atom is 0.339 e. The number of aliphatic hydroxyl groups is 2. The van der Waals surface area contributed by atoms with Crippen LogP contribution in [0.3, 0.4) is 0 Å². The zero-order valence-electron chi connectivity index (χ0n) is 24.1. The lowest BCUT2D eigenvalue weighted by molar-refractivity contribution is -0.255. The Kier molecular flexibility index (Phi) is 6.15. The molecule has 1 aliphatic carbocycles. The molecule has 9 atom stereocenters. The van der Waals surface area contributed by atoms with E-state index < -0.39 is 69.3 Å². The normalized spacial score (nSPS) is 48.5. The average Bonchev–Trinajstić information content (AvgIpc) is 3.45. The highest BCUT2D eigenvalue weighted by Crippen LogP contribution is 2.66. The summed E-state index contributed by atoms with van der Waals surface area (Å²) in [5.74, 6) is -4.50. The number of allylic oxidation sites excluding steroid dienone is 2. The highest BCUT2D eigenvalue weighted by Gasteiger charge is 2.80. The predicted molar refractivity (Wildman–Crippen MR) is 139 cm³/mol. The fourth-order valence-electron chi connectivity index (χ4n) is 8.67. The first-order chi connectivity index (χ1) is 19.1. The molecule has 11 heteroatoms. The van der Waals surface area contributed by atoms with E-state index in [0.29, 0.717) is 11.3 Å². The third kappa shape index (κ3) is 3.68. The summed E-state index contributed by atoms with van der Waals surface area (Å²) < 4.78 is 29.9. The number of hydrogen-bond acceptors (Lipinski definition) is 11. The van der Waals surface area contributed by atoms with Gasteiger partial charge in [0.2, 0.25) is 11.6 Å². The van der Waals surface area contributed by atoms with Crippen LogP contribution in [0.4, 0.5) is 0 Å². The highest BCUT2D eigenvalue weighted by molar-refractivity contribution is 5.99. The van der Waals surface area contributed by atoms with Gasteiger partial charge in [0.25, 0.3) is 0 Å². The first-order valence-corrected chi connectivity index (χ1v) is 14.3. The number of carbonyl (C=O) groups is 4. The maximum absolute atomic E-state index is 14.3. The van der Waals surface area contributed by atoms with Crippen LogP contribution in [0, 0.1) is 17.3 Å². The molecule has 4 saturated heterocycles. The summed E-state index contributed by atoms with van der Waals surface area (Å²) in [6.45, 7) is 6.54. The third-order valence-corrected chi connectivity index (χ3v) is 10.8. The number of Topliss-reactive ketones (excluding diaryl/α,β-unsaturated/α-hetero) is 2. The average molecular weight is 575 g/mol. The van der Waals surface area contributed by atoms with Crippen molar-refractivity contribution in [3.63, 3.8) is 0 Å². The van der Waals surface area contributed by atoms with Gasteiger partial charge in [0, 0.05) is 42.8 Å². The zero-order valence-corrected chi connectivity index (χ0v) is 24.1. The van der Waals surface area contributed by atoms with Gasteiger partial charge in [-0.1, -0.05) is 13.8 Å². The van der Waals surface area contributed by atoms with Crippen molar-refractivity contribution in [2.45, 2.75) is 107 Å². The fourth-order valence-corrected chi connectivity index (χ4v) is 8.67. The van der Waals surface area contributed by atoms with Crippen LogP contribution < -0.4 is 0 Å². The Morgan fingerprint density at radius 3 is 2.56 bits per heavy atom. The number of rotatable bonds is 5. The molecule has 6 aliphatic rings. The molecule has 2 spiro atoms. The lowest BCUT2D eigenvalue weighted by atomic mass is 9.63. The molecule has 5 fully saturated rings. The van der Waals surface area contributed by atoms with E-state index in [9.17, 15) is 29.4 Å². The topological polar surface area (TPSA) is 155 Å². The minimum Gasteiger partial charge on any atom is -0.456 e. The van der Waals surface area contributed by atoms with Crippen LogP contribution in [0.25, 0.3) is 0 Å². The molecule has 1 saturated carbocycles. The molecule has 2 bridgehead atoms. The van der Waals surface area contributed by atoms with E-state index in [0.717, 1.165) is 0 Å². The van der Waals surface area contributed by atoms with Crippen LogP contribution >= 0.6 is 0 Å². The lowest BCUT2D eigenvalue weighted by Gasteiger charge is -2.43. The molecular formula is C30H38O11. The Hall–Kier alpha value is -2.44. The quantitative estimate of drug-likeness (QED) is 0.462. The van der Waals surface area contributed by atoms with Gasteiger partial charge in [-0.25, -0.2) is 4.79 Å². The van der Waals surface area contributed by atoms with Gasteiger partial charge in [-0.3, -0.25) is 14.4 Å². The van der Waals surface area contributed by atoms with E-state index >= 15 is 0 Å². The molecule has 11 nitrogen and oxygen atoms in total. The second-order valence-corrected chi connectivity index (χ2v) is 13.4. The summed E-state index contributed by atoms with van der Waals surface area (Å²) in [5, 5.41) is 22.5. The molecule has 0 aromatic heterocycles. The van der Waals surface area contributed by atoms with Gasteiger partial charge in [-0.15, -0.1) is 0 Å². The van der Waals surface area contributed by atoms with Gasteiger partial charge in [0.15, 0.2) is 5.60 Å². The van der Waals surface area contributed by atoms with E-state index in [1.165, 1.54) is 7.11 Å². The number of esters is 2. The monoisotopic (exact) mass is 574 g/mol. The van der Waals surface area contributed by atoms with Gasteiger partial charge in [-0.2, -0.15) is 0 Å². The standard InChI is InChI=1S/C30H38O11/c1-16(10-18-11-17(2)23(34)38-18)22(33)25(3)8-9-27-14-28-19(26(4,15-31)39-20(28)12-21(32)40-28)6-7-29(27,36)24(35)30(13-25,37-5)41-27/h10-11,16,19-20,31,36H,6-9,12-15H2,1-5H3/b18-10-/t16-,19-,20+,25-,26-,27-,28+,29+,30+/m0/s1. The Morgan fingerprint density at radius 1 is 1.20 bits per heavy atom. The molecule has 6 rings (SSSR count). The minimum atomic E-state index is -1.96. The summed E-state index contributed by atoms with van der Waals surface area (Å²) in [6, 6.07) is 0. The Morgan fingerprint density at radius 2 is 1.93 bits per heavy atom. The van der Waals surface area contributed by atoms with Gasteiger partial charge in [0.05, 0.1) is 18.6 Å². The van der Waals surface area contributed by atoms with Crippen molar-refractivity contribution < 1.29 is 53.1 Å². The maximum atomic E-state index is 14.3. The summed E-state index contributed by atoms with van der Waals surface area (Å²) in [4.78, 5) is 52.7. The number of ether oxygens (including phenoxy) is 5. The molecular weight excluding hydrogens is 536 g/mol. The van der Waals surface area contributed by atoms with Crippen molar-refractivity contribution in [1.29, 1.82) is 0 Å². The van der Waals surface area contributed by atoms with Crippen molar-refractivity contribution in [2.75, 3.05) is 13.7 Å². The molecule has 5 heterocycles. The molecule has 0 radical (unpaired) electrons. The first-order valence-electron chi connectivity index (χ1n) is 14.3. The number of ketones is 2. The molecule has 0 aromatic carbocycles. The van der Waals surface area contributed by atoms with Crippen molar-refractivity contribution in [1.82, 2.24) is 0 Å². The van der Waals surface area contributed by atoms with E-state index in [4.69, 9.17) is 23.7 Å². The molecule has 224 valence electrons.